The Morgan fingerprint density at radius 2 is 1.57 bits per heavy atom. The van der Waals surface area contributed by atoms with E-state index in [1.54, 1.807) is 0 Å². The SMILES string of the molecule is CCCC(CC)Cc1ccc(C2=C(c3ccc(CC(F)(F)F)cc3F)CCCc3cc(N)ccc32)cc1. The maximum absolute atomic E-state index is 15.4. The molecule has 0 fully saturated rings. The van der Waals surface area contributed by atoms with Crippen molar-refractivity contribution < 1.29 is 17.6 Å². The van der Waals surface area contributed by atoms with Gasteiger partial charge in [-0.25, -0.2) is 4.39 Å². The molecular weight excluding hydrogens is 474 g/mol. The van der Waals surface area contributed by atoms with Crippen LogP contribution >= 0.6 is 0 Å². The Morgan fingerprint density at radius 3 is 2.22 bits per heavy atom. The molecule has 0 heterocycles. The fraction of sp³-hybridized carbons (Fsp3) is 0.375. The Labute approximate surface area is 217 Å². The molecule has 37 heavy (non-hydrogen) atoms. The second kappa shape index (κ2) is 11.5. The number of halogens is 4. The van der Waals surface area contributed by atoms with Gasteiger partial charge in [-0.15, -0.1) is 0 Å². The standard InChI is InChI=1S/C32H35F4N/c1-3-6-21(4-2)17-22-9-12-24(13-10-22)31-27-16-14-26(37)19-25(27)7-5-8-29(31)28-15-11-23(18-30(28)33)20-32(34,35)36/h9-16,18-19,21H,3-8,17,20,37H2,1-2H3. The van der Waals surface area contributed by atoms with E-state index >= 15 is 4.39 Å². The van der Waals surface area contributed by atoms with Gasteiger partial charge in [-0.05, 0) is 88.8 Å². The highest BCUT2D eigenvalue weighted by atomic mass is 19.4. The van der Waals surface area contributed by atoms with Gasteiger partial charge >= 0.3 is 6.18 Å². The molecule has 2 N–H and O–H groups in total. The van der Waals surface area contributed by atoms with Crippen LogP contribution in [0.15, 0.2) is 60.7 Å². The minimum absolute atomic E-state index is 0.0698. The molecule has 0 aromatic heterocycles. The lowest BCUT2D eigenvalue weighted by Crippen LogP contribution is -2.11. The summed E-state index contributed by atoms with van der Waals surface area (Å²) in [5.41, 5.74) is 13.2. The zero-order valence-electron chi connectivity index (χ0n) is 21.6. The van der Waals surface area contributed by atoms with Gasteiger partial charge in [0.2, 0.25) is 0 Å². The molecule has 0 saturated carbocycles. The van der Waals surface area contributed by atoms with Crippen molar-refractivity contribution in [3.8, 4) is 0 Å². The average Bonchev–Trinajstić information content (AvgIpc) is 3.02. The minimum atomic E-state index is -4.38. The topological polar surface area (TPSA) is 26.0 Å². The highest BCUT2D eigenvalue weighted by Crippen LogP contribution is 2.41. The number of allylic oxidation sites excluding steroid dienone is 1. The molecule has 1 aliphatic rings. The molecule has 0 saturated heterocycles. The van der Waals surface area contributed by atoms with Crippen molar-refractivity contribution in [3.63, 3.8) is 0 Å². The lowest BCUT2D eigenvalue weighted by atomic mass is 9.86. The van der Waals surface area contributed by atoms with Gasteiger partial charge in [-0.1, -0.05) is 75.6 Å². The van der Waals surface area contributed by atoms with Crippen LogP contribution in [0.2, 0.25) is 0 Å². The fourth-order valence-electron chi connectivity index (χ4n) is 5.55. The van der Waals surface area contributed by atoms with Crippen LogP contribution in [0.4, 0.5) is 23.2 Å². The normalized spacial score (nSPS) is 14.9. The first-order chi connectivity index (χ1) is 17.7. The molecule has 3 aromatic carbocycles. The van der Waals surface area contributed by atoms with Gasteiger partial charge in [-0.2, -0.15) is 13.2 Å². The lowest BCUT2D eigenvalue weighted by molar-refractivity contribution is -0.127. The Hall–Kier alpha value is -3.08. The summed E-state index contributed by atoms with van der Waals surface area (Å²) < 4.78 is 54.1. The quantitative estimate of drug-likeness (QED) is 0.238. The van der Waals surface area contributed by atoms with Crippen LogP contribution in [0.3, 0.4) is 0 Å². The summed E-state index contributed by atoms with van der Waals surface area (Å²) in [5.74, 6) is 0.0339. The zero-order chi connectivity index (χ0) is 26.6. The van der Waals surface area contributed by atoms with E-state index in [1.807, 2.05) is 18.2 Å². The van der Waals surface area contributed by atoms with Crippen molar-refractivity contribution in [2.24, 2.45) is 5.92 Å². The summed E-state index contributed by atoms with van der Waals surface area (Å²) in [4.78, 5) is 0. The summed E-state index contributed by atoms with van der Waals surface area (Å²) in [6.07, 6.45) is 1.23. The molecule has 0 amide bonds. The Balaban J connectivity index is 1.81. The smallest absolute Gasteiger partial charge is 0.393 e. The first-order valence-corrected chi connectivity index (χ1v) is 13.2. The molecule has 0 radical (unpaired) electrons. The molecular formula is C32H35F4N. The summed E-state index contributed by atoms with van der Waals surface area (Å²) in [7, 11) is 0. The molecule has 0 aliphatic heterocycles. The molecule has 4 rings (SSSR count). The minimum Gasteiger partial charge on any atom is -0.399 e. The van der Waals surface area contributed by atoms with E-state index in [1.165, 1.54) is 30.5 Å². The number of nitrogen functional groups attached to an aromatic ring is 1. The van der Waals surface area contributed by atoms with Crippen LogP contribution in [-0.4, -0.2) is 6.18 Å². The van der Waals surface area contributed by atoms with Gasteiger partial charge in [0.25, 0.3) is 0 Å². The third-order valence-corrected chi connectivity index (χ3v) is 7.38. The van der Waals surface area contributed by atoms with Crippen molar-refractivity contribution in [1.29, 1.82) is 0 Å². The van der Waals surface area contributed by atoms with Crippen LogP contribution in [0, 0.1) is 11.7 Å². The Morgan fingerprint density at radius 1 is 0.865 bits per heavy atom. The van der Waals surface area contributed by atoms with Crippen molar-refractivity contribution >= 4 is 16.8 Å². The first kappa shape index (κ1) is 27.0. The number of alkyl halides is 3. The summed E-state index contributed by atoms with van der Waals surface area (Å²) >= 11 is 0. The summed E-state index contributed by atoms with van der Waals surface area (Å²) in [6, 6.07) is 18.3. The number of fused-ring (bicyclic) bond motifs is 1. The van der Waals surface area contributed by atoms with Crippen LogP contribution in [0.1, 0.15) is 79.3 Å². The number of anilines is 1. The van der Waals surface area contributed by atoms with Gasteiger partial charge < -0.3 is 5.73 Å². The van der Waals surface area contributed by atoms with Gasteiger partial charge in [0, 0.05) is 11.3 Å². The second-order valence-corrected chi connectivity index (χ2v) is 10.2. The number of hydrogen-bond donors (Lipinski definition) is 1. The molecule has 196 valence electrons. The molecule has 3 aromatic rings. The monoisotopic (exact) mass is 509 g/mol. The Bertz CT molecular complexity index is 1250. The van der Waals surface area contributed by atoms with E-state index in [-0.39, 0.29) is 5.56 Å². The lowest BCUT2D eigenvalue weighted by Gasteiger charge is -2.19. The van der Waals surface area contributed by atoms with Crippen LogP contribution in [0.25, 0.3) is 11.1 Å². The molecule has 0 spiro atoms. The van der Waals surface area contributed by atoms with Crippen molar-refractivity contribution in [1.82, 2.24) is 0 Å². The third kappa shape index (κ3) is 6.63. The molecule has 1 nitrogen and oxygen atoms in total. The van der Waals surface area contributed by atoms with Crippen LogP contribution in [-0.2, 0) is 19.3 Å². The van der Waals surface area contributed by atoms with Gasteiger partial charge in [0.15, 0.2) is 0 Å². The van der Waals surface area contributed by atoms with Gasteiger partial charge in [0.05, 0.1) is 6.42 Å². The van der Waals surface area contributed by atoms with E-state index in [2.05, 4.69) is 38.1 Å². The largest absolute Gasteiger partial charge is 0.399 e. The van der Waals surface area contributed by atoms with Gasteiger partial charge in [0.1, 0.15) is 5.82 Å². The molecule has 5 heteroatoms. The number of hydrogen-bond acceptors (Lipinski definition) is 1. The molecule has 1 aliphatic carbocycles. The van der Waals surface area contributed by atoms with E-state index in [4.69, 9.17) is 5.73 Å². The molecule has 1 unspecified atom stereocenters. The zero-order valence-corrected chi connectivity index (χ0v) is 21.6. The van der Waals surface area contributed by atoms with Crippen LogP contribution < -0.4 is 5.73 Å². The third-order valence-electron chi connectivity index (χ3n) is 7.38. The number of nitrogens with two attached hydrogens (primary N) is 1. The summed E-state index contributed by atoms with van der Waals surface area (Å²) in [6.45, 7) is 4.44. The van der Waals surface area contributed by atoms with Crippen molar-refractivity contribution in [2.45, 2.75) is 71.4 Å². The van der Waals surface area contributed by atoms with Crippen molar-refractivity contribution in [2.75, 3.05) is 5.73 Å². The predicted molar refractivity (Wildman–Crippen MR) is 145 cm³/mol. The predicted octanol–water partition coefficient (Wildman–Crippen LogP) is 9.18. The first-order valence-electron chi connectivity index (χ1n) is 13.2. The Kier molecular flexibility index (Phi) is 8.41. The van der Waals surface area contributed by atoms with Crippen molar-refractivity contribution in [3.05, 3.63) is 99.9 Å². The van der Waals surface area contributed by atoms with E-state index in [0.29, 0.717) is 23.6 Å². The maximum atomic E-state index is 15.4. The number of benzene rings is 3. The molecule has 1 atom stereocenters. The van der Waals surface area contributed by atoms with Crippen LogP contribution in [0.5, 0.6) is 0 Å². The fourth-order valence-corrected chi connectivity index (χ4v) is 5.55. The maximum Gasteiger partial charge on any atom is 0.393 e. The highest BCUT2D eigenvalue weighted by Gasteiger charge is 2.28. The van der Waals surface area contributed by atoms with E-state index in [9.17, 15) is 13.2 Å². The van der Waals surface area contributed by atoms with Gasteiger partial charge in [-0.3, -0.25) is 0 Å². The highest BCUT2D eigenvalue weighted by molar-refractivity contribution is 6.00. The molecule has 0 bridgehead atoms. The number of aryl methyl sites for hydroxylation is 1. The summed E-state index contributed by atoms with van der Waals surface area (Å²) in [5, 5.41) is 0. The number of rotatable bonds is 8. The average molecular weight is 510 g/mol. The van der Waals surface area contributed by atoms with E-state index < -0.39 is 18.4 Å². The van der Waals surface area contributed by atoms with E-state index in [0.717, 1.165) is 59.6 Å². The second-order valence-electron chi connectivity index (χ2n) is 10.2.